The van der Waals surface area contributed by atoms with E-state index in [1.165, 1.54) is 19.3 Å². The third-order valence-electron chi connectivity index (χ3n) is 3.42. The topological polar surface area (TPSA) is 35.5 Å². The number of carbonyl (C=O) groups excluding carboxylic acids is 1. The molecule has 1 rings (SSSR count). The van der Waals surface area contributed by atoms with E-state index in [1.54, 1.807) is 0 Å². The van der Waals surface area contributed by atoms with Gasteiger partial charge in [0.25, 0.3) is 0 Å². The van der Waals surface area contributed by atoms with Gasteiger partial charge < -0.3 is 9.47 Å². The van der Waals surface area contributed by atoms with E-state index in [9.17, 15) is 4.79 Å². The molecule has 0 spiro atoms. The van der Waals surface area contributed by atoms with Crippen LogP contribution in [0.15, 0.2) is 0 Å². The first-order chi connectivity index (χ1) is 8.09. The van der Waals surface area contributed by atoms with E-state index in [-0.39, 0.29) is 17.7 Å². The van der Waals surface area contributed by atoms with Gasteiger partial charge in [-0.2, -0.15) is 0 Å². The molecule has 0 amide bonds. The van der Waals surface area contributed by atoms with E-state index in [0.717, 1.165) is 19.3 Å². The molecule has 0 saturated carbocycles. The van der Waals surface area contributed by atoms with E-state index in [2.05, 4.69) is 6.92 Å². The molecule has 3 heteroatoms. The standard InChI is InChI=1S/C14H26O3/c1-4-6-7-8-12-11-14(3,9-10-16-12)17-13(15)5-2/h12H,4-11H2,1-3H3. The van der Waals surface area contributed by atoms with Crippen LogP contribution in [0.25, 0.3) is 0 Å². The van der Waals surface area contributed by atoms with Crippen LogP contribution in [0.4, 0.5) is 0 Å². The number of ether oxygens (including phenoxy) is 2. The van der Waals surface area contributed by atoms with Crippen molar-refractivity contribution in [1.82, 2.24) is 0 Å². The molecule has 0 aromatic rings. The number of rotatable bonds is 6. The molecule has 0 N–H and O–H groups in total. The van der Waals surface area contributed by atoms with Crippen molar-refractivity contribution in [3.63, 3.8) is 0 Å². The van der Waals surface area contributed by atoms with Crippen molar-refractivity contribution in [2.75, 3.05) is 6.61 Å². The third kappa shape index (κ3) is 5.07. The molecule has 0 aromatic carbocycles. The zero-order valence-electron chi connectivity index (χ0n) is 11.5. The summed E-state index contributed by atoms with van der Waals surface area (Å²) in [5, 5.41) is 0. The molecular formula is C14H26O3. The predicted molar refractivity (Wildman–Crippen MR) is 67.9 cm³/mol. The molecule has 1 saturated heterocycles. The molecule has 2 unspecified atom stereocenters. The summed E-state index contributed by atoms with van der Waals surface area (Å²) in [7, 11) is 0. The zero-order chi connectivity index (χ0) is 12.7. The SMILES string of the molecule is CCCCCC1CC(C)(OC(=O)CC)CCO1. The molecule has 0 aromatic heterocycles. The van der Waals surface area contributed by atoms with Gasteiger partial charge in [0.1, 0.15) is 5.60 Å². The van der Waals surface area contributed by atoms with Crippen LogP contribution in [0.5, 0.6) is 0 Å². The number of hydrogen-bond donors (Lipinski definition) is 0. The maximum atomic E-state index is 11.4. The number of esters is 1. The fourth-order valence-corrected chi connectivity index (χ4v) is 2.33. The van der Waals surface area contributed by atoms with Crippen LogP contribution >= 0.6 is 0 Å². The normalized spacial score (nSPS) is 29.0. The largest absolute Gasteiger partial charge is 0.459 e. The Labute approximate surface area is 105 Å². The Bertz CT molecular complexity index is 240. The van der Waals surface area contributed by atoms with Gasteiger partial charge in [-0.3, -0.25) is 4.79 Å². The highest BCUT2D eigenvalue weighted by molar-refractivity contribution is 5.69. The molecule has 1 heterocycles. The molecule has 0 bridgehead atoms. The molecule has 0 aliphatic carbocycles. The molecule has 2 atom stereocenters. The molecule has 100 valence electrons. The second kappa shape index (κ2) is 7.00. The van der Waals surface area contributed by atoms with Crippen LogP contribution in [0.1, 0.15) is 65.7 Å². The lowest BCUT2D eigenvalue weighted by molar-refractivity contribution is -0.172. The smallest absolute Gasteiger partial charge is 0.306 e. The maximum absolute atomic E-state index is 11.4. The van der Waals surface area contributed by atoms with Gasteiger partial charge in [-0.05, 0) is 13.3 Å². The van der Waals surface area contributed by atoms with E-state index >= 15 is 0 Å². The maximum Gasteiger partial charge on any atom is 0.306 e. The summed E-state index contributed by atoms with van der Waals surface area (Å²) in [6.07, 6.45) is 7.18. The summed E-state index contributed by atoms with van der Waals surface area (Å²) in [5.41, 5.74) is -0.303. The van der Waals surface area contributed by atoms with Crippen molar-refractivity contribution < 1.29 is 14.3 Å². The van der Waals surface area contributed by atoms with Gasteiger partial charge in [0, 0.05) is 19.3 Å². The van der Waals surface area contributed by atoms with Gasteiger partial charge in [0.05, 0.1) is 12.7 Å². The summed E-state index contributed by atoms with van der Waals surface area (Å²) >= 11 is 0. The van der Waals surface area contributed by atoms with Crippen molar-refractivity contribution in [3.05, 3.63) is 0 Å². The molecule has 17 heavy (non-hydrogen) atoms. The minimum Gasteiger partial charge on any atom is -0.459 e. The fraction of sp³-hybridized carbons (Fsp3) is 0.929. The number of unbranched alkanes of at least 4 members (excludes halogenated alkanes) is 2. The lowest BCUT2D eigenvalue weighted by Crippen LogP contribution is -2.42. The second-order valence-electron chi connectivity index (χ2n) is 5.22. The Kier molecular flexibility index (Phi) is 5.96. The lowest BCUT2D eigenvalue weighted by Gasteiger charge is -2.37. The first-order valence-electron chi connectivity index (χ1n) is 6.93. The Morgan fingerprint density at radius 1 is 1.41 bits per heavy atom. The molecule has 1 aliphatic heterocycles. The van der Waals surface area contributed by atoms with E-state index in [1.807, 2.05) is 13.8 Å². The van der Waals surface area contributed by atoms with Crippen LogP contribution in [0, 0.1) is 0 Å². The van der Waals surface area contributed by atoms with E-state index < -0.39 is 0 Å². The quantitative estimate of drug-likeness (QED) is 0.528. The van der Waals surface area contributed by atoms with Gasteiger partial charge in [-0.1, -0.05) is 33.1 Å². The zero-order valence-corrected chi connectivity index (χ0v) is 11.5. The van der Waals surface area contributed by atoms with Crippen LogP contribution in [-0.4, -0.2) is 24.3 Å². The first-order valence-corrected chi connectivity index (χ1v) is 6.93. The van der Waals surface area contributed by atoms with Crippen LogP contribution < -0.4 is 0 Å². The molecule has 3 nitrogen and oxygen atoms in total. The fourth-order valence-electron chi connectivity index (χ4n) is 2.33. The average molecular weight is 242 g/mol. The van der Waals surface area contributed by atoms with Gasteiger partial charge in [-0.25, -0.2) is 0 Å². The van der Waals surface area contributed by atoms with Crippen molar-refractivity contribution >= 4 is 5.97 Å². The minimum absolute atomic E-state index is 0.0956. The Balaban J connectivity index is 2.38. The van der Waals surface area contributed by atoms with Crippen molar-refractivity contribution in [2.45, 2.75) is 77.4 Å². The summed E-state index contributed by atoms with van der Waals surface area (Å²) in [5.74, 6) is -0.0956. The summed E-state index contributed by atoms with van der Waals surface area (Å²) in [6, 6.07) is 0. The molecule has 1 aliphatic rings. The first kappa shape index (κ1) is 14.5. The van der Waals surface area contributed by atoms with Gasteiger partial charge in [-0.15, -0.1) is 0 Å². The Hall–Kier alpha value is -0.570. The molecule has 1 fully saturated rings. The number of carbonyl (C=O) groups is 1. The van der Waals surface area contributed by atoms with Crippen molar-refractivity contribution in [3.8, 4) is 0 Å². The van der Waals surface area contributed by atoms with Gasteiger partial charge >= 0.3 is 5.97 Å². The van der Waals surface area contributed by atoms with Gasteiger partial charge in [0.2, 0.25) is 0 Å². The van der Waals surface area contributed by atoms with Crippen LogP contribution in [0.2, 0.25) is 0 Å². The molecule has 0 radical (unpaired) electrons. The summed E-state index contributed by atoms with van der Waals surface area (Å²) in [4.78, 5) is 11.4. The average Bonchev–Trinajstić information content (AvgIpc) is 2.29. The summed E-state index contributed by atoms with van der Waals surface area (Å²) < 4.78 is 11.3. The third-order valence-corrected chi connectivity index (χ3v) is 3.42. The van der Waals surface area contributed by atoms with E-state index in [4.69, 9.17) is 9.47 Å². The Morgan fingerprint density at radius 2 is 2.18 bits per heavy atom. The minimum atomic E-state index is -0.303. The van der Waals surface area contributed by atoms with Crippen molar-refractivity contribution in [2.24, 2.45) is 0 Å². The van der Waals surface area contributed by atoms with E-state index in [0.29, 0.717) is 13.0 Å². The van der Waals surface area contributed by atoms with Crippen LogP contribution in [0.3, 0.4) is 0 Å². The van der Waals surface area contributed by atoms with Crippen LogP contribution in [-0.2, 0) is 14.3 Å². The van der Waals surface area contributed by atoms with Gasteiger partial charge in [0.15, 0.2) is 0 Å². The Morgan fingerprint density at radius 3 is 2.82 bits per heavy atom. The summed E-state index contributed by atoms with van der Waals surface area (Å²) in [6.45, 7) is 6.79. The second-order valence-corrected chi connectivity index (χ2v) is 5.22. The monoisotopic (exact) mass is 242 g/mol. The highest BCUT2D eigenvalue weighted by Crippen LogP contribution is 2.30. The molecular weight excluding hydrogens is 216 g/mol. The highest BCUT2D eigenvalue weighted by atomic mass is 16.6. The highest BCUT2D eigenvalue weighted by Gasteiger charge is 2.35. The van der Waals surface area contributed by atoms with Crippen molar-refractivity contribution in [1.29, 1.82) is 0 Å². The number of hydrogen-bond acceptors (Lipinski definition) is 3. The lowest BCUT2D eigenvalue weighted by atomic mass is 9.90. The predicted octanol–water partition coefficient (Wildman–Crippen LogP) is 3.46.